The van der Waals surface area contributed by atoms with E-state index in [-0.39, 0.29) is 64.7 Å². The average Bonchev–Trinajstić information content (AvgIpc) is 3.52. The molecule has 8 nitrogen and oxygen atoms in total. The molecule has 0 atom stereocenters. The topological polar surface area (TPSA) is 110 Å². The van der Waals surface area contributed by atoms with Crippen LogP contribution >= 0.6 is 0 Å². The Bertz CT molecular complexity index is 1450. The maximum Gasteiger partial charge on any atom is 0.337 e. The predicted octanol–water partition coefficient (Wildman–Crippen LogP) is 4.21. The molecule has 2 radical (unpaired) electrons. The standard InChI is InChI=1S/C26H24N6O2.2Na/c1-2-3-11-23-27-22-10-6-9-21(26(33)34)24(22)32(23)16-17-12-14-18(15-13-17)19-7-4-5-8-20(19)25-28-30-31-29-25;;/h4-10,12-15H,2-3,11,16H2,1H3,(H,33,34)(H,28,29,30,31);;. The van der Waals surface area contributed by atoms with Gasteiger partial charge in [0.2, 0.25) is 5.82 Å². The van der Waals surface area contributed by atoms with E-state index in [9.17, 15) is 9.90 Å². The molecule has 2 aromatic heterocycles. The summed E-state index contributed by atoms with van der Waals surface area (Å²) in [5, 5.41) is 24.2. The van der Waals surface area contributed by atoms with Crippen LogP contribution in [0.3, 0.4) is 0 Å². The fraction of sp³-hybridized carbons (Fsp3) is 0.192. The molecule has 172 valence electrons. The van der Waals surface area contributed by atoms with Crippen molar-refractivity contribution in [1.29, 1.82) is 0 Å². The molecule has 5 aromatic rings. The van der Waals surface area contributed by atoms with Gasteiger partial charge in [0.05, 0.1) is 16.6 Å². The van der Waals surface area contributed by atoms with Crippen LogP contribution in [0.4, 0.5) is 0 Å². The van der Waals surface area contributed by atoms with E-state index in [1.165, 1.54) is 0 Å². The zero-order chi connectivity index (χ0) is 23.5. The smallest absolute Gasteiger partial charge is 0.337 e. The van der Waals surface area contributed by atoms with Crippen molar-refractivity contribution in [3.63, 3.8) is 0 Å². The molecule has 5 rings (SSSR count). The van der Waals surface area contributed by atoms with Crippen molar-refractivity contribution in [2.75, 3.05) is 0 Å². The number of benzene rings is 3. The van der Waals surface area contributed by atoms with E-state index in [1.54, 1.807) is 12.1 Å². The minimum Gasteiger partial charge on any atom is -0.478 e. The first-order valence-corrected chi connectivity index (χ1v) is 11.3. The van der Waals surface area contributed by atoms with Crippen molar-refractivity contribution < 1.29 is 9.90 Å². The van der Waals surface area contributed by atoms with Crippen molar-refractivity contribution in [2.24, 2.45) is 0 Å². The van der Waals surface area contributed by atoms with Gasteiger partial charge < -0.3 is 9.67 Å². The van der Waals surface area contributed by atoms with Crippen LogP contribution in [0.2, 0.25) is 0 Å². The SMILES string of the molecule is CCCCc1nc2cccc(C(=O)O)c2n1Cc1ccc(-c2ccccc2-c2nn[nH]n2)cc1.[Na].[Na]. The molecule has 0 fully saturated rings. The third-order valence-electron chi connectivity index (χ3n) is 5.95. The van der Waals surface area contributed by atoms with Gasteiger partial charge in [-0.25, -0.2) is 9.78 Å². The first-order chi connectivity index (χ1) is 16.7. The largest absolute Gasteiger partial charge is 0.478 e. The number of hydrogen-bond acceptors (Lipinski definition) is 5. The molecule has 0 bridgehead atoms. The Morgan fingerprint density at radius 1 is 0.972 bits per heavy atom. The van der Waals surface area contributed by atoms with Crippen LogP contribution in [0.25, 0.3) is 33.5 Å². The van der Waals surface area contributed by atoms with Crippen molar-refractivity contribution >= 4 is 76.1 Å². The summed E-state index contributed by atoms with van der Waals surface area (Å²) in [5.41, 5.74) is 5.69. The molecule has 0 aliphatic rings. The normalized spacial score (nSPS) is 10.6. The summed E-state index contributed by atoms with van der Waals surface area (Å²) in [6.07, 6.45) is 2.85. The number of imidazole rings is 1. The number of aromatic nitrogens is 6. The van der Waals surface area contributed by atoms with E-state index >= 15 is 0 Å². The molecule has 0 spiro atoms. The van der Waals surface area contributed by atoms with Crippen molar-refractivity contribution in [3.8, 4) is 22.5 Å². The summed E-state index contributed by atoms with van der Waals surface area (Å²) in [7, 11) is 0. The molecule has 0 saturated heterocycles. The van der Waals surface area contributed by atoms with Gasteiger partial charge in [0.15, 0.2) is 0 Å². The van der Waals surface area contributed by atoms with E-state index < -0.39 is 5.97 Å². The van der Waals surface area contributed by atoms with Gasteiger partial charge in [-0.2, -0.15) is 5.21 Å². The number of aryl methyl sites for hydroxylation is 1. The maximum absolute atomic E-state index is 11.9. The van der Waals surface area contributed by atoms with Gasteiger partial charge in [-0.15, -0.1) is 10.2 Å². The maximum atomic E-state index is 11.9. The van der Waals surface area contributed by atoms with Gasteiger partial charge in [-0.05, 0) is 40.5 Å². The van der Waals surface area contributed by atoms with Crippen LogP contribution in [-0.4, -0.2) is 100 Å². The monoisotopic (exact) mass is 498 g/mol. The number of nitrogens with zero attached hydrogens (tertiary/aromatic N) is 5. The Morgan fingerprint density at radius 2 is 1.72 bits per heavy atom. The van der Waals surface area contributed by atoms with Gasteiger partial charge in [-0.3, -0.25) is 0 Å². The van der Waals surface area contributed by atoms with Crippen molar-refractivity contribution in [3.05, 3.63) is 83.7 Å². The summed E-state index contributed by atoms with van der Waals surface area (Å²) in [5.74, 6) is 0.519. The molecular formula is C26H24N6Na2O2. The fourth-order valence-corrected chi connectivity index (χ4v) is 4.28. The van der Waals surface area contributed by atoms with E-state index in [0.717, 1.165) is 52.9 Å². The van der Waals surface area contributed by atoms with Gasteiger partial charge in [0.1, 0.15) is 5.82 Å². The minimum absolute atomic E-state index is 0. The molecule has 36 heavy (non-hydrogen) atoms. The number of carbonyl (C=O) groups is 1. The minimum atomic E-state index is -0.942. The number of tetrazole rings is 1. The van der Waals surface area contributed by atoms with E-state index in [0.29, 0.717) is 17.9 Å². The van der Waals surface area contributed by atoms with Crippen LogP contribution in [0.5, 0.6) is 0 Å². The number of unbranched alkanes of at least 4 members (excludes halogenated alkanes) is 1. The number of carboxylic acid groups (broad SMARTS) is 1. The number of rotatable bonds is 8. The van der Waals surface area contributed by atoms with Crippen LogP contribution in [0.15, 0.2) is 66.7 Å². The van der Waals surface area contributed by atoms with Gasteiger partial charge in [0.25, 0.3) is 0 Å². The number of aromatic carboxylic acids is 1. The first-order valence-electron chi connectivity index (χ1n) is 11.3. The van der Waals surface area contributed by atoms with Crippen LogP contribution in [-0.2, 0) is 13.0 Å². The second kappa shape index (κ2) is 12.8. The third kappa shape index (κ3) is 5.80. The third-order valence-corrected chi connectivity index (χ3v) is 5.95. The zero-order valence-electron chi connectivity index (χ0n) is 20.8. The Kier molecular flexibility index (Phi) is 10.0. The molecule has 0 saturated carbocycles. The quantitative estimate of drug-likeness (QED) is 0.310. The van der Waals surface area contributed by atoms with Crippen LogP contribution in [0, 0.1) is 0 Å². The molecule has 3 aromatic carbocycles. The summed E-state index contributed by atoms with van der Waals surface area (Å²) in [6, 6.07) is 21.5. The number of fused-ring (bicyclic) bond motifs is 1. The van der Waals surface area contributed by atoms with Gasteiger partial charge >= 0.3 is 5.97 Å². The summed E-state index contributed by atoms with van der Waals surface area (Å²) in [6.45, 7) is 2.69. The number of para-hydroxylation sites is 1. The van der Waals surface area contributed by atoms with E-state index in [4.69, 9.17) is 4.98 Å². The molecular weight excluding hydrogens is 474 g/mol. The van der Waals surface area contributed by atoms with E-state index in [2.05, 4.69) is 56.4 Å². The number of nitrogens with one attached hydrogen (secondary N) is 1. The molecule has 2 N–H and O–H groups in total. The molecule has 10 heteroatoms. The second-order valence-electron chi connectivity index (χ2n) is 8.17. The van der Waals surface area contributed by atoms with E-state index in [1.807, 2.05) is 30.3 Å². The zero-order valence-corrected chi connectivity index (χ0v) is 24.8. The molecule has 0 aliphatic heterocycles. The van der Waals surface area contributed by atoms with Crippen molar-refractivity contribution in [1.82, 2.24) is 30.2 Å². The Hall–Kier alpha value is -2.33. The van der Waals surface area contributed by atoms with Crippen molar-refractivity contribution in [2.45, 2.75) is 32.7 Å². The van der Waals surface area contributed by atoms with Gasteiger partial charge in [-0.1, -0.05) is 67.9 Å². The molecule has 2 heterocycles. The fourth-order valence-electron chi connectivity index (χ4n) is 4.28. The number of carboxylic acids is 1. The summed E-state index contributed by atoms with van der Waals surface area (Å²) in [4.78, 5) is 16.7. The Balaban J connectivity index is 0.00000180. The summed E-state index contributed by atoms with van der Waals surface area (Å²) < 4.78 is 2.05. The molecule has 0 unspecified atom stereocenters. The predicted molar refractivity (Wildman–Crippen MR) is 141 cm³/mol. The van der Waals surface area contributed by atoms with Crippen LogP contribution < -0.4 is 0 Å². The average molecular weight is 498 g/mol. The summed E-state index contributed by atoms with van der Waals surface area (Å²) >= 11 is 0. The van der Waals surface area contributed by atoms with Crippen LogP contribution in [0.1, 0.15) is 41.5 Å². The number of H-pyrrole nitrogens is 1. The number of hydrogen-bond donors (Lipinski definition) is 2. The van der Waals surface area contributed by atoms with Gasteiger partial charge in [0, 0.05) is 77.6 Å². The Labute approximate surface area is 253 Å². The second-order valence-corrected chi connectivity index (χ2v) is 8.17. The first kappa shape index (κ1) is 28.2. The number of aromatic amines is 1. The molecule has 0 aliphatic carbocycles. The molecule has 0 amide bonds. The Morgan fingerprint density at radius 3 is 2.39 bits per heavy atom.